The predicted octanol–water partition coefficient (Wildman–Crippen LogP) is 8.32. The summed E-state index contributed by atoms with van der Waals surface area (Å²) in [4.78, 5) is 166. The van der Waals surface area contributed by atoms with Crippen molar-refractivity contribution >= 4 is 115 Å². The Kier molecular flexibility index (Phi) is 119. The van der Waals surface area contributed by atoms with Crippen molar-refractivity contribution in [2.75, 3.05) is 33.0 Å². The molecule has 0 aromatic heterocycles. The fourth-order valence-electron chi connectivity index (χ4n) is 4.64. The van der Waals surface area contributed by atoms with Gasteiger partial charge in [-0.3, -0.25) is 57.5 Å². The zero-order chi connectivity index (χ0) is 84.3. The van der Waals surface area contributed by atoms with E-state index in [2.05, 4.69) is 90.8 Å². The summed E-state index contributed by atoms with van der Waals surface area (Å²) in [5, 5.41) is 115. The topological polar surface area (TPSA) is 629 Å². The normalized spacial score (nSPS) is 9.26. The number of aliphatic hydroxyl groups excluding tert-OH is 2. The Labute approximate surface area is 625 Å². The number of aliphatic carboxylic acids is 11. The third kappa shape index (κ3) is 126. The van der Waals surface area contributed by atoms with Crippen molar-refractivity contribution in [3.63, 3.8) is 0 Å². The summed E-state index contributed by atoms with van der Waals surface area (Å²) in [6, 6.07) is 37.4. The van der Waals surface area contributed by atoms with Crippen molar-refractivity contribution in [2.24, 2.45) is 11.8 Å². The van der Waals surface area contributed by atoms with Crippen LogP contribution >= 0.6 is 0 Å². The van der Waals surface area contributed by atoms with Crippen LogP contribution in [0.5, 0.6) is 5.75 Å². The Morgan fingerprint density at radius 3 is 0.944 bits per heavy atom. The Bertz CT molecular complexity index is 2780. The highest BCUT2D eigenvalue weighted by atomic mass is 16.6. The van der Waals surface area contributed by atoms with E-state index in [1.807, 2.05) is 84.0 Å². The Balaban J connectivity index is -0.0000000834. The van der Waals surface area contributed by atoms with Crippen LogP contribution in [0, 0.1) is 11.8 Å². The molecule has 3 unspecified atom stereocenters. The van der Waals surface area contributed by atoms with Crippen LogP contribution in [0.4, 0.5) is 0 Å². The molecule has 4 aromatic rings. The number of rotatable bonds is 33. The summed E-state index contributed by atoms with van der Waals surface area (Å²) in [6.45, 7) is 16.4. The smallest absolute Gasteiger partial charge is 0.332 e. The molecule has 614 valence electrons. The zero-order valence-corrected chi connectivity index (χ0v) is 59.9. The monoisotopic (exact) mass is 1550 g/mol. The highest BCUT2D eigenvalue weighted by Crippen LogP contribution is 2.13. The molecule has 0 aliphatic heterocycles. The molecule has 0 heterocycles. The second kappa shape index (κ2) is 103. The van der Waals surface area contributed by atoms with Crippen molar-refractivity contribution in [1.82, 2.24) is 0 Å². The number of aromatic hydroxyl groups is 1. The van der Waals surface area contributed by atoms with Crippen LogP contribution in [0.2, 0.25) is 0 Å². The number of carbonyl (C=O) groups is 17. The van der Waals surface area contributed by atoms with E-state index < -0.39 is 109 Å². The number of carbonyl (C=O) groups excluding carboxylic acids is 6. The Morgan fingerprint density at radius 1 is 0.407 bits per heavy atom. The third-order valence-electron chi connectivity index (χ3n) is 8.84. The molecule has 0 aliphatic rings. The molecule has 0 saturated carbocycles. The average Bonchev–Trinajstić information content (AvgIpc) is 0.881. The minimum atomic E-state index is -1.42. The van der Waals surface area contributed by atoms with Gasteiger partial charge in [0.25, 0.3) is 38.8 Å². The number of hydrogen-bond donors (Lipinski definition) is 14. The summed E-state index contributed by atoms with van der Waals surface area (Å²) < 4.78 is 25.1. The number of phenols is 1. The first-order valence-corrected chi connectivity index (χ1v) is 30.9. The van der Waals surface area contributed by atoms with Crippen LogP contribution < -0.4 is 0 Å². The van der Waals surface area contributed by atoms with Crippen molar-refractivity contribution < 1.29 is 181 Å². The van der Waals surface area contributed by atoms with Gasteiger partial charge in [0.15, 0.2) is 0 Å². The van der Waals surface area contributed by atoms with Gasteiger partial charge in [0.1, 0.15) is 62.5 Å². The molecule has 0 radical (unpaired) electrons. The highest BCUT2D eigenvalue weighted by Gasteiger charge is 2.32. The van der Waals surface area contributed by atoms with Crippen LogP contribution in [-0.4, -0.2) is 221 Å². The lowest BCUT2D eigenvalue weighted by molar-refractivity contribution is -0.159. The average molecular weight is 1550 g/mol. The predicted molar refractivity (Wildman–Crippen MR) is 388 cm³/mol. The number of benzene rings is 4. The van der Waals surface area contributed by atoms with Gasteiger partial charge in [0, 0.05) is 31.4 Å². The first kappa shape index (κ1) is 125. The molecule has 0 fully saturated rings. The molecular formula is C71H108O37. The molecule has 0 amide bonds. The fourth-order valence-corrected chi connectivity index (χ4v) is 4.64. The second-order valence-electron chi connectivity index (χ2n) is 17.1. The maximum Gasteiger partial charge on any atom is 0.332 e. The van der Waals surface area contributed by atoms with Gasteiger partial charge in [0.2, 0.25) is 0 Å². The lowest BCUT2D eigenvalue weighted by Gasteiger charge is -2.19. The summed E-state index contributed by atoms with van der Waals surface area (Å²) in [5.41, 5.74) is 0. The van der Waals surface area contributed by atoms with E-state index >= 15 is 0 Å². The lowest BCUT2D eigenvalue weighted by Crippen LogP contribution is -2.35. The van der Waals surface area contributed by atoms with Crippen molar-refractivity contribution in [3.8, 4) is 5.75 Å². The van der Waals surface area contributed by atoms with Crippen LogP contribution in [0.3, 0.4) is 0 Å². The molecule has 37 nitrogen and oxygen atoms in total. The SMILES string of the molecule is C.C.CC.CC.CC.CC(O)C(=O)O.CCC.O=C(O)/C=C\C(=O)O.O=C(O)CCCCC(=O)O.O=C(O)CO.O=CO/C=C/C(=O)O.O=COCC(C(=O)O)C(CC(=O)O)OC=O.O=COCC(COC=O)C(=O)O.O=COCCCC(=O)O.Oc1ccccc1.c1ccc2ccccc2c1.c1ccccc1. The molecular weight excluding hydrogens is 1440 g/mol. The van der Waals surface area contributed by atoms with Crippen LogP contribution in [0.25, 0.3) is 10.8 Å². The van der Waals surface area contributed by atoms with E-state index in [4.69, 9.17) is 76.3 Å². The van der Waals surface area contributed by atoms with Crippen LogP contribution in [0.1, 0.15) is 129 Å². The third-order valence-corrected chi connectivity index (χ3v) is 8.84. The summed E-state index contributed by atoms with van der Waals surface area (Å²) in [5.74, 6) is -14.7. The van der Waals surface area contributed by atoms with E-state index in [1.165, 1.54) is 24.1 Å². The van der Waals surface area contributed by atoms with Gasteiger partial charge in [-0.05, 0) is 49.1 Å². The van der Waals surface area contributed by atoms with Gasteiger partial charge in [-0.25, -0.2) is 24.0 Å². The molecule has 14 N–H and O–H groups in total. The summed E-state index contributed by atoms with van der Waals surface area (Å²) in [6.07, 6.45) is 2.02. The number of ether oxygens (including phenoxy) is 6. The van der Waals surface area contributed by atoms with E-state index in [-0.39, 0.29) is 86.3 Å². The maximum absolute atomic E-state index is 10.7. The van der Waals surface area contributed by atoms with Gasteiger partial charge < -0.3 is 99.9 Å². The molecule has 0 saturated heterocycles. The number of carboxylic acids is 11. The largest absolute Gasteiger partial charge is 0.508 e. The number of phenolic OH excluding ortho intramolecular Hbond substituents is 1. The van der Waals surface area contributed by atoms with Crippen molar-refractivity contribution in [1.29, 1.82) is 0 Å². The maximum atomic E-state index is 10.7. The summed E-state index contributed by atoms with van der Waals surface area (Å²) >= 11 is 0. The number of unbranched alkanes of at least 4 members (excludes halogenated alkanes) is 1. The molecule has 108 heavy (non-hydrogen) atoms. The number of para-hydroxylation sites is 1. The standard InChI is InChI=1S/C10H8.C8H10O8.C6H8O6.C6H10O4.C6H6O.C6H6.C5H8O4.2C4H4O4.C3H6O3.C3H8.C2H4O3.3C2H6.2CH4/c1-2-6-10-8-4-3-7-9(10)5-1;9-3-15-2-5(8(13)14)6(16-4-10)1-7(11)12;7-3-11-1-5(6(9)10)2-12-4-8;7-5(8)3-1-2-4-6(9)10;7-6-4-2-1-3-5-6;1-2-4-6-5-3-1;6-4-9-3-1-2-5(7)8;5-3-8-2-1-4(6)7;5-3(6)1-2-4(7)8;1-2(4)3(5)6;1-3-2;3-1-2(4)5;3*1-2;;/h1-8H;3-6H,1-2H2,(H,11,12)(H,13,14);3-5H,1-2H2,(H,9,10);1-4H2,(H,7,8)(H,9,10);1-5,7H;1-6H;4H,1-3H2,(H,7,8);1-3H,(H,6,7);1-2H,(H,5,6)(H,7,8);2,4H,1H3,(H,5,6);3H2,1-2H3;3H,1H2,(H,4,5);3*1-2H3;2*1H4/b;;;;;;;2-1+;2-1-;;;;;;;;. The zero-order valence-electron chi connectivity index (χ0n) is 59.9. The van der Waals surface area contributed by atoms with E-state index in [0.29, 0.717) is 49.7 Å². The highest BCUT2D eigenvalue weighted by molar-refractivity contribution is 5.89. The number of aliphatic hydroxyl groups is 2. The van der Waals surface area contributed by atoms with Gasteiger partial charge in [-0.1, -0.05) is 180 Å². The Morgan fingerprint density at radius 2 is 0.713 bits per heavy atom. The molecule has 4 rings (SSSR count). The number of carboxylic acid groups (broad SMARTS) is 11. The van der Waals surface area contributed by atoms with Crippen molar-refractivity contribution in [3.05, 3.63) is 140 Å². The molecule has 0 spiro atoms. The van der Waals surface area contributed by atoms with Gasteiger partial charge in [-0.2, -0.15) is 0 Å². The molecule has 37 heteroatoms. The molecule has 3 atom stereocenters. The van der Waals surface area contributed by atoms with Crippen molar-refractivity contribution in [2.45, 2.75) is 141 Å². The Hall–Kier alpha value is -12.7. The first-order chi connectivity index (χ1) is 50.2. The summed E-state index contributed by atoms with van der Waals surface area (Å²) in [7, 11) is 0. The molecule has 0 aliphatic carbocycles. The van der Waals surface area contributed by atoms with E-state index in [1.54, 1.807) is 24.3 Å². The second-order valence-corrected chi connectivity index (χ2v) is 17.1. The van der Waals surface area contributed by atoms with Gasteiger partial charge >= 0.3 is 65.7 Å². The minimum Gasteiger partial charge on any atom is -0.508 e. The van der Waals surface area contributed by atoms with Crippen LogP contribution in [-0.2, 0) is 110 Å². The fraction of sp³-hybridized carbons (Fsp3) is 0.394. The van der Waals surface area contributed by atoms with Crippen LogP contribution in [0.15, 0.2) is 140 Å². The number of hydrogen-bond acceptors (Lipinski definition) is 26. The van der Waals surface area contributed by atoms with Gasteiger partial charge in [-0.15, -0.1) is 0 Å². The first-order valence-electron chi connectivity index (χ1n) is 30.9. The minimum absolute atomic E-state index is 0. The van der Waals surface area contributed by atoms with Gasteiger partial charge in [0.05, 0.1) is 19.1 Å². The molecule has 0 bridgehead atoms. The van der Waals surface area contributed by atoms with E-state index in [0.717, 1.165) is 6.26 Å². The molecule has 4 aromatic carbocycles. The lowest BCUT2D eigenvalue weighted by atomic mass is 10.0. The quantitative estimate of drug-likeness (QED) is 0.00700. The van der Waals surface area contributed by atoms with E-state index in [9.17, 15) is 76.7 Å². The number of fused-ring (bicyclic) bond motifs is 1.